The molecule has 0 atom stereocenters. The zero-order valence-electron chi connectivity index (χ0n) is 23.7. The summed E-state index contributed by atoms with van der Waals surface area (Å²) in [4.78, 5) is 4.68. The summed E-state index contributed by atoms with van der Waals surface area (Å²) < 4.78 is 6.37. The van der Waals surface area contributed by atoms with Gasteiger partial charge in [-0.25, -0.2) is 0 Å². The summed E-state index contributed by atoms with van der Waals surface area (Å²) in [6.07, 6.45) is 0. The van der Waals surface area contributed by atoms with Crippen LogP contribution in [-0.2, 0) is 5.41 Å². The molecule has 2 aliphatic heterocycles. The van der Waals surface area contributed by atoms with Crippen LogP contribution in [0.25, 0.3) is 11.1 Å². The summed E-state index contributed by atoms with van der Waals surface area (Å²) in [5.41, 5.74) is 11.6. The second-order valence-corrected chi connectivity index (χ2v) is 11.5. The van der Waals surface area contributed by atoms with E-state index in [1.165, 1.54) is 27.9 Å². The molecule has 0 amide bonds. The Morgan fingerprint density at radius 3 is 1.81 bits per heavy atom. The fourth-order valence-electron chi connectivity index (χ4n) is 6.52. The van der Waals surface area contributed by atoms with Gasteiger partial charge in [0, 0.05) is 22.5 Å². The first-order valence-corrected chi connectivity index (χ1v) is 14.5. The lowest BCUT2D eigenvalue weighted by Gasteiger charge is -2.45. The molecule has 202 valence electrons. The molecule has 0 bridgehead atoms. The molecule has 6 aromatic rings. The van der Waals surface area contributed by atoms with Gasteiger partial charge >= 0.3 is 0 Å². The quantitative estimate of drug-likeness (QED) is 0.220. The fraction of sp³-hybridized carbons (Fsp3) is 0.0769. The molecule has 6 aromatic carbocycles. The standard InChI is InChI=1S/C39H30N2O/c1-39(2)32-16-11-19-37-38(32)41(35-17-9-10-18-36(35)42-37)34-25-22-28(26-33(34)39)27-20-23-31(24-21-27)40(29-12-5-3-6-13-29)30-14-7-4-8-15-30/h3-26H,1-2H3. The maximum Gasteiger partial charge on any atom is 0.151 e. The van der Waals surface area contributed by atoms with Crippen LogP contribution in [0.4, 0.5) is 34.1 Å². The highest BCUT2D eigenvalue weighted by molar-refractivity contribution is 5.94. The van der Waals surface area contributed by atoms with Crippen molar-refractivity contribution in [3.63, 3.8) is 0 Å². The van der Waals surface area contributed by atoms with Crippen molar-refractivity contribution in [2.45, 2.75) is 19.3 Å². The molecule has 0 N–H and O–H groups in total. The SMILES string of the molecule is CC1(C)c2cc(-c3ccc(N(c4ccccc4)c4ccccc4)cc3)ccc2N2c3ccccc3Oc3cccc1c32. The molecule has 2 aliphatic rings. The minimum absolute atomic E-state index is 0.194. The normalized spacial score (nSPS) is 13.8. The Hall–Kier alpha value is -5.28. The van der Waals surface area contributed by atoms with E-state index >= 15 is 0 Å². The van der Waals surface area contributed by atoms with E-state index in [0.29, 0.717) is 0 Å². The van der Waals surface area contributed by atoms with Crippen molar-refractivity contribution >= 4 is 34.1 Å². The van der Waals surface area contributed by atoms with Crippen LogP contribution in [0.3, 0.4) is 0 Å². The number of ether oxygens (including phenoxy) is 1. The first-order valence-electron chi connectivity index (χ1n) is 14.5. The Labute approximate surface area is 246 Å². The molecule has 0 aromatic heterocycles. The van der Waals surface area contributed by atoms with E-state index in [9.17, 15) is 0 Å². The number of para-hydroxylation sites is 5. The molecule has 0 aliphatic carbocycles. The van der Waals surface area contributed by atoms with Crippen molar-refractivity contribution in [1.29, 1.82) is 0 Å². The van der Waals surface area contributed by atoms with E-state index in [0.717, 1.165) is 39.9 Å². The van der Waals surface area contributed by atoms with Crippen LogP contribution in [0.15, 0.2) is 146 Å². The Balaban J connectivity index is 1.22. The largest absolute Gasteiger partial charge is 0.453 e. The number of anilines is 6. The summed E-state index contributed by atoms with van der Waals surface area (Å²) in [6, 6.07) is 51.6. The molecule has 0 saturated heterocycles. The first kappa shape index (κ1) is 24.5. The first-order chi connectivity index (χ1) is 20.6. The monoisotopic (exact) mass is 542 g/mol. The van der Waals surface area contributed by atoms with E-state index in [-0.39, 0.29) is 5.41 Å². The van der Waals surface area contributed by atoms with Crippen LogP contribution in [0, 0.1) is 0 Å². The molecule has 0 saturated carbocycles. The number of hydrogen-bond donors (Lipinski definition) is 0. The summed E-state index contributed by atoms with van der Waals surface area (Å²) in [5.74, 6) is 1.79. The van der Waals surface area contributed by atoms with Gasteiger partial charge in [0.15, 0.2) is 11.5 Å². The van der Waals surface area contributed by atoms with E-state index in [4.69, 9.17) is 4.74 Å². The topological polar surface area (TPSA) is 15.7 Å². The third-order valence-electron chi connectivity index (χ3n) is 8.62. The number of nitrogens with zero attached hydrogens (tertiary/aromatic N) is 2. The number of fused-ring (bicyclic) bond motifs is 4. The predicted octanol–water partition coefficient (Wildman–Crippen LogP) is 11.0. The minimum atomic E-state index is -0.194. The molecule has 3 nitrogen and oxygen atoms in total. The molecule has 3 heteroatoms. The van der Waals surface area contributed by atoms with Crippen molar-refractivity contribution in [3.8, 4) is 22.6 Å². The van der Waals surface area contributed by atoms with Crippen molar-refractivity contribution in [2.24, 2.45) is 0 Å². The summed E-state index contributed by atoms with van der Waals surface area (Å²) in [6.45, 7) is 4.65. The van der Waals surface area contributed by atoms with Crippen LogP contribution >= 0.6 is 0 Å². The lowest BCUT2D eigenvalue weighted by atomic mass is 9.72. The smallest absolute Gasteiger partial charge is 0.151 e. The summed E-state index contributed by atoms with van der Waals surface area (Å²) in [7, 11) is 0. The van der Waals surface area contributed by atoms with Gasteiger partial charge in [0.05, 0.1) is 17.1 Å². The Kier molecular flexibility index (Phi) is 5.48. The van der Waals surface area contributed by atoms with Crippen LogP contribution in [0.1, 0.15) is 25.0 Å². The fourth-order valence-corrected chi connectivity index (χ4v) is 6.52. The minimum Gasteiger partial charge on any atom is -0.453 e. The Bertz CT molecular complexity index is 1890. The predicted molar refractivity (Wildman–Crippen MR) is 173 cm³/mol. The lowest BCUT2D eigenvalue weighted by Crippen LogP contribution is -2.32. The second-order valence-electron chi connectivity index (χ2n) is 11.5. The average molecular weight is 543 g/mol. The van der Waals surface area contributed by atoms with Crippen LogP contribution in [-0.4, -0.2) is 0 Å². The average Bonchev–Trinajstić information content (AvgIpc) is 3.04. The van der Waals surface area contributed by atoms with Crippen LogP contribution < -0.4 is 14.5 Å². The molecule has 0 fully saturated rings. The molecule has 0 spiro atoms. The van der Waals surface area contributed by atoms with Gasteiger partial charge in [-0.3, -0.25) is 0 Å². The second kappa shape index (κ2) is 9.39. The van der Waals surface area contributed by atoms with Crippen molar-refractivity contribution < 1.29 is 4.74 Å². The zero-order valence-corrected chi connectivity index (χ0v) is 23.7. The van der Waals surface area contributed by atoms with E-state index in [2.05, 4.69) is 163 Å². The van der Waals surface area contributed by atoms with Gasteiger partial charge in [-0.15, -0.1) is 0 Å². The Morgan fingerprint density at radius 1 is 0.500 bits per heavy atom. The molecule has 2 heterocycles. The summed E-state index contributed by atoms with van der Waals surface area (Å²) >= 11 is 0. The van der Waals surface area contributed by atoms with Gasteiger partial charge in [-0.2, -0.15) is 0 Å². The molecule has 42 heavy (non-hydrogen) atoms. The third kappa shape index (κ3) is 3.74. The number of rotatable bonds is 4. The highest BCUT2D eigenvalue weighted by Gasteiger charge is 2.41. The number of benzene rings is 6. The van der Waals surface area contributed by atoms with Gasteiger partial charge < -0.3 is 14.5 Å². The molecular formula is C39H30N2O. The molecule has 0 radical (unpaired) electrons. The van der Waals surface area contributed by atoms with Crippen LogP contribution in [0.5, 0.6) is 11.5 Å². The van der Waals surface area contributed by atoms with E-state index < -0.39 is 0 Å². The molecule has 8 rings (SSSR count). The van der Waals surface area contributed by atoms with Crippen LogP contribution in [0.2, 0.25) is 0 Å². The zero-order chi connectivity index (χ0) is 28.3. The highest BCUT2D eigenvalue weighted by atomic mass is 16.5. The van der Waals surface area contributed by atoms with Crippen molar-refractivity contribution in [3.05, 3.63) is 157 Å². The highest BCUT2D eigenvalue weighted by Crippen LogP contribution is 2.59. The van der Waals surface area contributed by atoms with Gasteiger partial charge in [0.1, 0.15) is 0 Å². The Morgan fingerprint density at radius 2 is 1.10 bits per heavy atom. The maximum atomic E-state index is 6.37. The molecule has 0 unspecified atom stereocenters. The van der Waals surface area contributed by atoms with Gasteiger partial charge in [-0.1, -0.05) is 92.7 Å². The van der Waals surface area contributed by atoms with Gasteiger partial charge in [0.2, 0.25) is 0 Å². The summed E-state index contributed by atoms with van der Waals surface area (Å²) in [5, 5.41) is 0. The number of hydrogen-bond acceptors (Lipinski definition) is 3. The van der Waals surface area contributed by atoms with Gasteiger partial charge in [-0.05, 0) is 89.0 Å². The third-order valence-corrected chi connectivity index (χ3v) is 8.62. The van der Waals surface area contributed by atoms with Crippen molar-refractivity contribution in [1.82, 2.24) is 0 Å². The van der Waals surface area contributed by atoms with Gasteiger partial charge in [0.25, 0.3) is 0 Å². The maximum absolute atomic E-state index is 6.37. The molecular weight excluding hydrogens is 512 g/mol. The van der Waals surface area contributed by atoms with E-state index in [1.54, 1.807) is 0 Å². The van der Waals surface area contributed by atoms with Crippen molar-refractivity contribution in [2.75, 3.05) is 9.80 Å². The lowest BCUT2D eigenvalue weighted by molar-refractivity contribution is 0.471. The van der Waals surface area contributed by atoms with E-state index in [1.807, 2.05) is 6.07 Å².